The smallest absolute Gasteiger partial charge is 0.387 e. The van der Waals surface area contributed by atoms with Crippen molar-refractivity contribution >= 4 is 21.7 Å². The zero-order valence-corrected chi connectivity index (χ0v) is 17.5. The molecule has 0 bridgehead atoms. The Hall–Kier alpha value is -3.59. The van der Waals surface area contributed by atoms with Crippen LogP contribution in [0.1, 0.15) is 15.9 Å². The molecule has 8 nitrogen and oxygen atoms in total. The Morgan fingerprint density at radius 1 is 1.16 bits per heavy atom. The van der Waals surface area contributed by atoms with Gasteiger partial charge in [0.2, 0.25) is 0 Å². The topological polar surface area (TPSA) is 117 Å². The second-order valence-electron chi connectivity index (χ2n) is 6.57. The highest BCUT2D eigenvalue weighted by molar-refractivity contribution is 7.90. The molecule has 2 aromatic rings. The second kappa shape index (κ2) is 10.6. The predicted octanol–water partition coefficient (Wildman–Crippen LogP) is 2.08. The molecule has 0 aliphatic carbocycles. The van der Waals surface area contributed by atoms with Crippen LogP contribution < -0.4 is 10.1 Å². The molecule has 0 saturated heterocycles. The first-order valence-corrected chi connectivity index (χ1v) is 10.8. The third kappa shape index (κ3) is 6.98. The summed E-state index contributed by atoms with van der Waals surface area (Å²) in [6.45, 7) is -3.17. The SMILES string of the molecule is CN(C#N)C(=O)[C@H](CS(=O)(=O)Cc1ccccc1OC(F)F)NC(=O)c1ccc(F)cc1. The number of carbonyl (C=O) groups excluding carboxylic acids is 2. The number of hydrogen-bond donors (Lipinski definition) is 1. The summed E-state index contributed by atoms with van der Waals surface area (Å²) in [5.41, 5.74) is -0.116. The van der Waals surface area contributed by atoms with Crippen molar-refractivity contribution in [3.8, 4) is 11.9 Å². The van der Waals surface area contributed by atoms with Gasteiger partial charge in [-0.15, -0.1) is 0 Å². The molecule has 0 radical (unpaired) electrons. The van der Waals surface area contributed by atoms with Crippen LogP contribution in [0.5, 0.6) is 5.75 Å². The minimum atomic E-state index is -4.17. The number of halogens is 3. The van der Waals surface area contributed by atoms with Crippen molar-refractivity contribution in [2.75, 3.05) is 12.8 Å². The Kier molecular flexibility index (Phi) is 8.20. The maximum Gasteiger partial charge on any atom is 0.387 e. The summed E-state index contributed by atoms with van der Waals surface area (Å²) >= 11 is 0. The van der Waals surface area contributed by atoms with Gasteiger partial charge in [0, 0.05) is 18.2 Å². The molecule has 0 fully saturated rings. The van der Waals surface area contributed by atoms with Gasteiger partial charge in [-0.1, -0.05) is 18.2 Å². The van der Waals surface area contributed by atoms with E-state index in [9.17, 15) is 31.2 Å². The summed E-state index contributed by atoms with van der Waals surface area (Å²) < 4.78 is 68.0. The van der Waals surface area contributed by atoms with E-state index in [-0.39, 0.29) is 16.9 Å². The minimum Gasteiger partial charge on any atom is -0.435 e. The van der Waals surface area contributed by atoms with Gasteiger partial charge in [0.05, 0.1) is 11.5 Å². The average molecular weight is 469 g/mol. The average Bonchev–Trinajstić information content (AvgIpc) is 2.73. The van der Waals surface area contributed by atoms with Crippen LogP contribution in [-0.4, -0.2) is 50.6 Å². The zero-order chi connectivity index (χ0) is 23.9. The van der Waals surface area contributed by atoms with E-state index >= 15 is 0 Å². The molecule has 0 saturated carbocycles. The highest BCUT2D eigenvalue weighted by Gasteiger charge is 2.30. The number of rotatable bonds is 9. The van der Waals surface area contributed by atoms with Crippen LogP contribution in [0.2, 0.25) is 0 Å². The number of likely N-dealkylation sites (N-methyl/N-ethyl adjacent to an activating group) is 1. The largest absolute Gasteiger partial charge is 0.435 e. The summed E-state index contributed by atoms with van der Waals surface area (Å²) in [4.78, 5) is 25.4. The zero-order valence-electron chi connectivity index (χ0n) is 16.7. The van der Waals surface area contributed by atoms with E-state index < -0.39 is 51.6 Å². The third-order valence-corrected chi connectivity index (χ3v) is 5.77. The number of carbonyl (C=O) groups is 2. The molecule has 1 N–H and O–H groups in total. The molecule has 1 atom stereocenters. The van der Waals surface area contributed by atoms with Gasteiger partial charge in [0.1, 0.15) is 17.6 Å². The summed E-state index contributed by atoms with van der Waals surface area (Å²) in [5.74, 6) is -4.52. The highest BCUT2D eigenvalue weighted by Crippen LogP contribution is 2.23. The lowest BCUT2D eigenvalue weighted by atomic mass is 10.2. The van der Waals surface area contributed by atoms with Crippen molar-refractivity contribution in [3.63, 3.8) is 0 Å². The van der Waals surface area contributed by atoms with Gasteiger partial charge in [-0.2, -0.15) is 14.0 Å². The third-order valence-electron chi connectivity index (χ3n) is 4.18. The molecular formula is C20H18F3N3O5S. The first kappa shape index (κ1) is 24.7. The number of nitrogens with zero attached hydrogens (tertiary/aromatic N) is 2. The molecule has 0 aliphatic heterocycles. The standard InChI is InChI=1S/C20H18F3N3O5S/c1-26(12-24)19(28)16(25-18(27)13-6-8-15(21)9-7-13)11-32(29,30)10-14-4-2-3-5-17(14)31-20(22)23/h2-9,16,20H,10-11H2,1H3,(H,25,27)/t16-/m0/s1. The number of nitriles is 1. The number of nitrogens with one attached hydrogen (secondary N) is 1. The van der Waals surface area contributed by atoms with Gasteiger partial charge >= 0.3 is 6.61 Å². The molecule has 12 heteroatoms. The van der Waals surface area contributed by atoms with Crippen molar-refractivity contribution in [1.82, 2.24) is 10.2 Å². The van der Waals surface area contributed by atoms with E-state index in [1.165, 1.54) is 30.5 Å². The summed E-state index contributed by atoms with van der Waals surface area (Å²) in [6.07, 6.45) is 1.52. The molecule has 0 spiro atoms. The minimum absolute atomic E-state index is 0.0445. The predicted molar refractivity (Wildman–Crippen MR) is 107 cm³/mol. The van der Waals surface area contributed by atoms with Crippen molar-refractivity contribution in [2.45, 2.75) is 18.4 Å². The number of benzene rings is 2. The van der Waals surface area contributed by atoms with E-state index in [0.717, 1.165) is 31.3 Å². The Bertz CT molecular complexity index is 1120. The molecule has 2 aromatic carbocycles. The Morgan fingerprint density at radius 2 is 1.78 bits per heavy atom. The van der Waals surface area contributed by atoms with Crippen LogP contribution in [0, 0.1) is 17.3 Å². The quantitative estimate of drug-likeness (QED) is 0.444. The maximum atomic E-state index is 13.1. The van der Waals surface area contributed by atoms with Crippen molar-refractivity contribution in [1.29, 1.82) is 5.26 Å². The number of sulfone groups is 1. The lowest BCUT2D eigenvalue weighted by molar-refractivity contribution is -0.128. The second-order valence-corrected chi connectivity index (χ2v) is 8.68. The fraction of sp³-hybridized carbons (Fsp3) is 0.250. The van der Waals surface area contributed by atoms with Crippen LogP contribution >= 0.6 is 0 Å². The van der Waals surface area contributed by atoms with Crippen molar-refractivity contribution < 1.29 is 35.9 Å². The molecule has 32 heavy (non-hydrogen) atoms. The van der Waals surface area contributed by atoms with Crippen LogP contribution in [0.25, 0.3) is 0 Å². The van der Waals surface area contributed by atoms with Gasteiger partial charge < -0.3 is 10.1 Å². The van der Waals surface area contributed by atoms with Crippen LogP contribution in [0.3, 0.4) is 0 Å². The Labute approximate surface area is 182 Å². The van der Waals surface area contributed by atoms with Crippen molar-refractivity contribution in [3.05, 3.63) is 65.5 Å². The number of alkyl halides is 2. The molecule has 0 unspecified atom stereocenters. The molecule has 0 heterocycles. The van der Waals surface area contributed by atoms with E-state index in [2.05, 4.69) is 10.1 Å². The maximum absolute atomic E-state index is 13.1. The lowest BCUT2D eigenvalue weighted by Crippen LogP contribution is -2.50. The Morgan fingerprint density at radius 3 is 2.38 bits per heavy atom. The van der Waals surface area contributed by atoms with E-state index in [0.29, 0.717) is 4.90 Å². The summed E-state index contributed by atoms with van der Waals surface area (Å²) in [6, 6.07) is 7.85. The lowest BCUT2D eigenvalue weighted by Gasteiger charge is -2.20. The van der Waals surface area contributed by atoms with Gasteiger partial charge in [0.25, 0.3) is 11.8 Å². The van der Waals surface area contributed by atoms with Gasteiger partial charge in [0.15, 0.2) is 16.0 Å². The van der Waals surface area contributed by atoms with Gasteiger partial charge in [-0.3, -0.25) is 14.5 Å². The molecule has 2 rings (SSSR count). The highest BCUT2D eigenvalue weighted by atomic mass is 32.2. The van der Waals surface area contributed by atoms with E-state index in [4.69, 9.17) is 5.26 Å². The molecule has 0 aliphatic rings. The monoisotopic (exact) mass is 469 g/mol. The molecular weight excluding hydrogens is 451 g/mol. The van der Waals surface area contributed by atoms with Crippen LogP contribution in [0.15, 0.2) is 48.5 Å². The Balaban J connectivity index is 2.26. The number of para-hydroxylation sites is 1. The van der Waals surface area contributed by atoms with Gasteiger partial charge in [-0.25, -0.2) is 12.8 Å². The summed E-state index contributed by atoms with van der Waals surface area (Å²) in [7, 11) is -3.09. The van der Waals surface area contributed by atoms with Crippen LogP contribution in [0.4, 0.5) is 13.2 Å². The molecule has 2 amide bonds. The normalized spacial score (nSPS) is 12.0. The number of ether oxygens (including phenoxy) is 1. The fourth-order valence-corrected chi connectivity index (χ4v) is 4.25. The number of amides is 2. The van der Waals surface area contributed by atoms with Crippen LogP contribution in [-0.2, 0) is 20.4 Å². The van der Waals surface area contributed by atoms with Crippen molar-refractivity contribution in [2.24, 2.45) is 0 Å². The fourth-order valence-electron chi connectivity index (χ4n) is 2.68. The van der Waals surface area contributed by atoms with Gasteiger partial charge in [-0.05, 0) is 30.3 Å². The first-order valence-electron chi connectivity index (χ1n) is 8.99. The summed E-state index contributed by atoms with van der Waals surface area (Å²) in [5, 5.41) is 11.2. The van der Waals surface area contributed by atoms with E-state index in [1.807, 2.05) is 0 Å². The number of hydrogen-bond acceptors (Lipinski definition) is 6. The first-order chi connectivity index (χ1) is 15.0. The van der Waals surface area contributed by atoms with E-state index in [1.54, 1.807) is 0 Å². The molecule has 170 valence electrons. The molecule has 0 aromatic heterocycles.